The quantitative estimate of drug-likeness (QED) is 0.837. The molecule has 2 nitrogen and oxygen atoms in total. The SMILES string of the molecule is Cc1ccc(C(N)CNCC2(C)CCCC2)cc1. The molecule has 100 valence electrons. The highest BCUT2D eigenvalue weighted by molar-refractivity contribution is 5.24. The van der Waals surface area contributed by atoms with Crippen molar-refractivity contribution in [1.82, 2.24) is 5.32 Å². The van der Waals surface area contributed by atoms with Gasteiger partial charge in [0.25, 0.3) is 0 Å². The molecule has 1 atom stereocenters. The Labute approximate surface area is 111 Å². The Morgan fingerprint density at radius 1 is 1.22 bits per heavy atom. The van der Waals surface area contributed by atoms with E-state index in [1.807, 2.05) is 0 Å². The van der Waals surface area contributed by atoms with Crippen molar-refractivity contribution in [2.45, 2.75) is 45.6 Å². The maximum atomic E-state index is 6.21. The molecule has 0 aromatic heterocycles. The molecule has 0 radical (unpaired) electrons. The van der Waals surface area contributed by atoms with Crippen LogP contribution in [0, 0.1) is 12.3 Å². The molecule has 0 saturated heterocycles. The predicted octanol–water partition coefficient (Wildman–Crippen LogP) is 3.16. The summed E-state index contributed by atoms with van der Waals surface area (Å²) in [6.07, 6.45) is 5.50. The molecule has 1 aromatic rings. The molecular formula is C16H26N2. The predicted molar refractivity (Wildman–Crippen MR) is 77.6 cm³/mol. The summed E-state index contributed by atoms with van der Waals surface area (Å²) in [6.45, 7) is 6.48. The van der Waals surface area contributed by atoms with Crippen LogP contribution in [0.3, 0.4) is 0 Å². The van der Waals surface area contributed by atoms with Gasteiger partial charge in [0.1, 0.15) is 0 Å². The van der Waals surface area contributed by atoms with Gasteiger partial charge >= 0.3 is 0 Å². The lowest BCUT2D eigenvalue weighted by atomic mass is 9.89. The number of nitrogens with two attached hydrogens (primary N) is 1. The van der Waals surface area contributed by atoms with Gasteiger partial charge in [-0.25, -0.2) is 0 Å². The highest BCUT2D eigenvalue weighted by Gasteiger charge is 2.27. The van der Waals surface area contributed by atoms with Crippen LogP contribution >= 0.6 is 0 Å². The van der Waals surface area contributed by atoms with E-state index in [4.69, 9.17) is 5.73 Å². The van der Waals surface area contributed by atoms with Crippen molar-refractivity contribution in [3.63, 3.8) is 0 Å². The van der Waals surface area contributed by atoms with Gasteiger partial charge in [-0.2, -0.15) is 0 Å². The van der Waals surface area contributed by atoms with Crippen molar-refractivity contribution in [2.75, 3.05) is 13.1 Å². The van der Waals surface area contributed by atoms with Crippen LogP contribution in [-0.4, -0.2) is 13.1 Å². The summed E-state index contributed by atoms with van der Waals surface area (Å²) >= 11 is 0. The van der Waals surface area contributed by atoms with E-state index in [1.54, 1.807) is 0 Å². The summed E-state index contributed by atoms with van der Waals surface area (Å²) in [7, 11) is 0. The monoisotopic (exact) mass is 246 g/mol. The van der Waals surface area contributed by atoms with E-state index in [-0.39, 0.29) is 6.04 Å². The smallest absolute Gasteiger partial charge is 0.0421 e. The minimum Gasteiger partial charge on any atom is -0.323 e. The van der Waals surface area contributed by atoms with Crippen molar-refractivity contribution >= 4 is 0 Å². The molecule has 18 heavy (non-hydrogen) atoms. The van der Waals surface area contributed by atoms with Crippen LogP contribution in [-0.2, 0) is 0 Å². The molecule has 1 aliphatic carbocycles. The average Bonchev–Trinajstić information content (AvgIpc) is 2.77. The highest BCUT2D eigenvalue weighted by atomic mass is 14.9. The van der Waals surface area contributed by atoms with Gasteiger partial charge in [-0.15, -0.1) is 0 Å². The molecule has 2 rings (SSSR count). The van der Waals surface area contributed by atoms with E-state index in [1.165, 1.54) is 36.8 Å². The van der Waals surface area contributed by atoms with E-state index in [0.29, 0.717) is 5.41 Å². The highest BCUT2D eigenvalue weighted by Crippen LogP contribution is 2.36. The second kappa shape index (κ2) is 5.85. The fourth-order valence-corrected chi connectivity index (χ4v) is 2.87. The summed E-state index contributed by atoms with van der Waals surface area (Å²) < 4.78 is 0. The van der Waals surface area contributed by atoms with Crippen molar-refractivity contribution in [3.8, 4) is 0 Å². The Balaban J connectivity index is 1.77. The minimum absolute atomic E-state index is 0.107. The van der Waals surface area contributed by atoms with Crippen molar-refractivity contribution in [3.05, 3.63) is 35.4 Å². The second-order valence-corrected chi connectivity index (χ2v) is 6.17. The molecule has 1 fully saturated rings. The first kappa shape index (κ1) is 13.6. The van der Waals surface area contributed by atoms with E-state index in [9.17, 15) is 0 Å². The third-order valence-electron chi connectivity index (χ3n) is 4.23. The standard InChI is InChI=1S/C16H26N2/c1-13-5-7-14(8-6-13)15(17)11-18-12-16(2)9-3-4-10-16/h5-8,15,18H,3-4,9-12,17H2,1-2H3. The summed E-state index contributed by atoms with van der Waals surface area (Å²) in [4.78, 5) is 0. The first-order chi connectivity index (χ1) is 8.59. The van der Waals surface area contributed by atoms with E-state index < -0.39 is 0 Å². The van der Waals surface area contributed by atoms with Crippen LogP contribution < -0.4 is 11.1 Å². The van der Waals surface area contributed by atoms with E-state index in [0.717, 1.165) is 13.1 Å². The number of hydrogen-bond acceptors (Lipinski definition) is 2. The van der Waals surface area contributed by atoms with Gasteiger partial charge < -0.3 is 11.1 Å². The molecule has 0 spiro atoms. The summed E-state index contributed by atoms with van der Waals surface area (Å²) in [5, 5.41) is 3.56. The Hall–Kier alpha value is -0.860. The van der Waals surface area contributed by atoms with Gasteiger partial charge in [0, 0.05) is 19.1 Å². The zero-order valence-electron chi connectivity index (χ0n) is 11.7. The molecule has 1 saturated carbocycles. The number of hydrogen-bond donors (Lipinski definition) is 2. The molecule has 0 amide bonds. The molecule has 3 N–H and O–H groups in total. The molecule has 0 aliphatic heterocycles. The summed E-state index contributed by atoms with van der Waals surface area (Å²) in [5.41, 5.74) is 9.23. The molecular weight excluding hydrogens is 220 g/mol. The van der Waals surface area contributed by atoms with Gasteiger partial charge in [0.05, 0.1) is 0 Å². The first-order valence-electron chi connectivity index (χ1n) is 7.12. The fourth-order valence-electron chi connectivity index (χ4n) is 2.87. The Morgan fingerprint density at radius 2 is 1.83 bits per heavy atom. The van der Waals surface area contributed by atoms with Gasteiger partial charge in [-0.3, -0.25) is 0 Å². The number of rotatable bonds is 5. The van der Waals surface area contributed by atoms with E-state index in [2.05, 4.69) is 43.4 Å². The number of nitrogens with one attached hydrogen (secondary N) is 1. The van der Waals surface area contributed by atoms with Gasteiger partial charge in [-0.1, -0.05) is 49.6 Å². The third-order valence-corrected chi connectivity index (χ3v) is 4.23. The minimum atomic E-state index is 0.107. The van der Waals surface area contributed by atoms with Crippen molar-refractivity contribution in [1.29, 1.82) is 0 Å². The van der Waals surface area contributed by atoms with Crippen LogP contribution in [0.25, 0.3) is 0 Å². The van der Waals surface area contributed by atoms with Crippen LogP contribution in [0.2, 0.25) is 0 Å². The Kier molecular flexibility index (Phi) is 4.41. The topological polar surface area (TPSA) is 38.0 Å². The first-order valence-corrected chi connectivity index (χ1v) is 7.12. The van der Waals surface area contributed by atoms with Crippen LogP contribution in [0.15, 0.2) is 24.3 Å². The number of benzene rings is 1. The van der Waals surface area contributed by atoms with Gasteiger partial charge in [0.2, 0.25) is 0 Å². The fraction of sp³-hybridized carbons (Fsp3) is 0.625. The van der Waals surface area contributed by atoms with Gasteiger partial charge in [-0.05, 0) is 30.7 Å². The van der Waals surface area contributed by atoms with Crippen LogP contribution in [0.4, 0.5) is 0 Å². The normalized spacial score (nSPS) is 19.9. The Bertz CT molecular complexity index is 363. The zero-order valence-corrected chi connectivity index (χ0v) is 11.7. The largest absolute Gasteiger partial charge is 0.323 e. The van der Waals surface area contributed by atoms with Crippen molar-refractivity contribution < 1.29 is 0 Å². The van der Waals surface area contributed by atoms with Gasteiger partial charge in [0.15, 0.2) is 0 Å². The van der Waals surface area contributed by atoms with Crippen molar-refractivity contribution in [2.24, 2.45) is 11.1 Å². The van der Waals surface area contributed by atoms with Crippen LogP contribution in [0.5, 0.6) is 0 Å². The second-order valence-electron chi connectivity index (χ2n) is 6.17. The number of aryl methyl sites for hydroxylation is 1. The maximum absolute atomic E-state index is 6.21. The summed E-state index contributed by atoms with van der Waals surface area (Å²) in [6, 6.07) is 8.65. The average molecular weight is 246 g/mol. The van der Waals surface area contributed by atoms with Crippen LogP contribution in [0.1, 0.15) is 49.8 Å². The molecule has 1 aromatic carbocycles. The Morgan fingerprint density at radius 3 is 2.44 bits per heavy atom. The molecule has 0 heterocycles. The van der Waals surface area contributed by atoms with E-state index >= 15 is 0 Å². The molecule has 1 unspecified atom stereocenters. The third kappa shape index (κ3) is 3.56. The lowest BCUT2D eigenvalue weighted by Gasteiger charge is -2.25. The molecule has 2 heteroatoms. The molecule has 0 bridgehead atoms. The lowest BCUT2D eigenvalue weighted by molar-refractivity contribution is 0.312. The summed E-state index contributed by atoms with van der Waals surface area (Å²) in [5.74, 6) is 0. The lowest BCUT2D eigenvalue weighted by Crippen LogP contribution is -2.34. The zero-order chi connectivity index (χ0) is 13.0. The molecule has 1 aliphatic rings. The maximum Gasteiger partial charge on any atom is 0.0421 e.